The van der Waals surface area contributed by atoms with Gasteiger partial charge in [0.05, 0.1) is 18.2 Å². The molecule has 4 nitrogen and oxygen atoms in total. The smallest absolute Gasteiger partial charge is 0.338 e. The molecule has 0 aromatic heterocycles. The molecule has 2 aromatic rings. The van der Waals surface area contributed by atoms with Gasteiger partial charge in [-0.15, -0.1) is 0 Å². The van der Waals surface area contributed by atoms with Gasteiger partial charge in [0, 0.05) is 12.8 Å². The maximum absolute atomic E-state index is 11.8. The highest BCUT2D eigenvalue weighted by Gasteiger charge is 2.28. The summed E-state index contributed by atoms with van der Waals surface area (Å²) in [6.45, 7) is 3.74. The second kappa shape index (κ2) is 7.51. The Balaban J connectivity index is 1.88. The Morgan fingerprint density at radius 3 is 2.36 bits per heavy atom. The molecule has 2 atom stereocenters. The molecule has 1 amide bonds. The molecule has 0 saturated carbocycles. The normalized spacial score (nSPS) is 19.0. The van der Waals surface area contributed by atoms with E-state index in [0.717, 1.165) is 12.8 Å². The maximum atomic E-state index is 11.8. The number of rotatable bonds is 4. The monoisotopic (exact) mass is 337 g/mol. The lowest BCUT2D eigenvalue weighted by atomic mass is 9.76. The fourth-order valence-corrected chi connectivity index (χ4v) is 3.60. The summed E-state index contributed by atoms with van der Waals surface area (Å²) >= 11 is 0. The van der Waals surface area contributed by atoms with E-state index >= 15 is 0 Å². The van der Waals surface area contributed by atoms with Crippen LogP contribution in [0.3, 0.4) is 0 Å². The summed E-state index contributed by atoms with van der Waals surface area (Å²) in [6.07, 6.45) is 1.86. The Kier molecular flexibility index (Phi) is 5.17. The predicted molar refractivity (Wildman–Crippen MR) is 96.5 cm³/mol. The zero-order chi connectivity index (χ0) is 17.8. The molecule has 0 bridgehead atoms. The molecule has 3 rings (SSSR count). The summed E-state index contributed by atoms with van der Waals surface area (Å²) in [4.78, 5) is 23.3. The van der Waals surface area contributed by atoms with Crippen molar-refractivity contribution < 1.29 is 14.3 Å². The highest BCUT2D eigenvalue weighted by Crippen LogP contribution is 2.41. The van der Waals surface area contributed by atoms with Crippen molar-refractivity contribution >= 4 is 11.9 Å². The highest BCUT2D eigenvalue weighted by molar-refractivity contribution is 5.89. The summed E-state index contributed by atoms with van der Waals surface area (Å²) in [5.41, 5.74) is 4.19. The van der Waals surface area contributed by atoms with Crippen LogP contribution in [-0.2, 0) is 9.53 Å². The summed E-state index contributed by atoms with van der Waals surface area (Å²) in [5.74, 6) is -0.0155. The number of nitrogens with one attached hydrogen (secondary N) is 1. The van der Waals surface area contributed by atoms with Gasteiger partial charge in [0.1, 0.15) is 0 Å². The van der Waals surface area contributed by atoms with Crippen LogP contribution >= 0.6 is 0 Å². The van der Waals surface area contributed by atoms with Crippen molar-refractivity contribution in [3.05, 3.63) is 70.8 Å². The molecule has 1 N–H and O–H groups in total. The molecular weight excluding hydrogens is 314 g/mol. The number of benzene rings is 2. The van der Waals surface area contributed by atoms with Gasteiger partial charge in [0.15, 0.2) is 0 Å². The molecule has 1 aliphatic rings. The molecular formula is C21H23NO3. The minimum atomic E-state index is -0.288. The van der Waals surface area contributed by atoms with Crippen LogP contribution < -0.4 is 5.32 Å². The maximum Gasteiger partial charge on any atom is 0.338 e. The number of esters is 1. The van der Waals surface area contributed by atoms with Gasteiger partial charge in [0.25, 0.3) is 0 Å². The van der Waals surface area contributed by atoms with E-state index in [1.54, 1.807) is 13.8 Å². The number of hydrogen-bond donors (Lipinski definition) is 1. The zero-order valence-electron chi connectivity index (χ0n) is 14.6. The average Bonchev–Trinajstić information content (AvgIpc) is 2.62. The quantitative estimate of drug-likeness (QED) is 0.859. The Bertz CT molecular complexity index is 767. The molecule has 0 fully saturated rings. The molecule has 0 saturated heterocycles. The minimum Gasteiger partial charge on any atom is -0.462 e. The first-order chi connectivity index (χ1) is 12.1. The van der Waals surface area contributed by atoms with E-state index in [0.29, 0.717) is 12.2 Å². The Labute approximate surface area is 148 Å². The van der Waals surface area contributed by atoms with E-state index in [2.05, 4.69) is 17.4 Å². The molecule has 130 valence electrons. The third-order valence-corrected chi connectivity index (χ3v) is 4.69. The molecule has 0 spiro atoms. The first-order valence-corrected chi connectivity index (χ1v) is 8.73. The molecule has 25 heavy (non-hydrogen) atoms. The van der Waals surface area contributed by atoms with Crippen molar-refractivity contribution in [3.63, 3.8) is 0 Å². The zero-order valence-corrected chi connectivity index (χ0v) is 14.6. The molecule has 4 heteroatoms. The lowest BCUT2D eigenvalue weighted by molar-refractivity contribution is -0.119. The van der Waals surface area contributed by atoms with Crippen LogP contribution in [0, 0.1) is 0 Å². The van der Waals surface area contributed by atoms with Gasteiger partial charge >= 0.3 is 5.97 Å². The van der Waals surface area contributed by atoms with Crippen molar-refractivity contribution in [2.75, 3.05) is 6.61 Å². The molecule has 0 radical (unpaired) electrons. The standard InChI is InChI=1S/C21H23NO3/c1-3-25-21(24)16-10-8-15(9-11-16)17-12-13-20(22-14(2)23)19-7-5-4-6-18(17)19/h4-11,17,20H,3,12-13H2,1-2H3,(H,22,23)/t17-,20-/m0/s1. The van der Waals surface area contributed by atoms with Crippen LogP contribution in [0.15, 0.2) is 48.5 Å². The second-order valence-electron chi connectivity index (χ2n) is 6.35. The third-order valence-electron chi connectivity index (χ3n) is 4.69. The number of hydrogen-bond acceptors (Lipinski definition) is 3. The predicted octanol–water partition coefficient (Wildman–Crippen LogP) is 3.97. The van der Waals surface area contributed by atoms with Crippen LogP contribution in [0.1, 0.15) is 65.7 Å². The van der Waals surface area contributed by atoms with Gasteiger partial charge in [-0.25, -0.2) is 4.79 Å². The summed E-state index contributed by atoms with van der Waals surface area (Å²) in [7, 11) is 0. The summed E-state index contributed by atoms with van der Waals surface area (Å²) in [6, 6.07) is 16.0. The van der Waals surface area contributed by atoms with Crippen LogP contribution in [0.2, 0.25) is 0 Å². The number of carbonyl (C=O) groups excluding carboxylic acids is 2. The van der Waals surface area contributed by atoms with Crippen LogP contribution in [0.25, 0.3) is 0 Å². The van der Waals surface area contributed by atoms with Crippen molar-refractivity contribution in [2.45, 2.75) is 38.6 Å². The van der Waals surface area contributed by atoms with Gasteiger partial charge < -0.3 is 10.1 Å². The van der Waals surface area contributed by atoms with E-state index in [4.69, 9.17) is 4.74 Å². The number of amides is 1. The number of fused-ring (bicyclic) bond motifs is 1. The van der Waals surface area contributed by atoms with Gasteiger partial charge in [-0.3, -0.25) is 4.79 Å². The van der Waals surface area contributed by atoms with Crippen LogP contribution in [0.4, 0.5) is 0 Å². The SMILES string of the molecule is CCOC(=O)c1ccc([C@@H]2CC[C@H](NC(C)=O)c3ccccc32)cc1. The molecule has 0 unspecified atom stereocenters. The van der Waals surface area contributed by atoms with Gasteiger partial charge in [-0.1, -0.05) is 36.4 Å². The first-order valence-electron chi connectivity index (χ1n) is 8.73. The lowest BCUT2D eigenvalue weighted by Crippen LogP contribution is -2.30. The second-order valence-corrected chi connectivity index (χ2v) is 6.35. The van der Waals surface area contributed by atoms with Crippen molar-refractivity contribution in [2.24, 2.45) is 0 Å². The topological polar surface area (TPSA) is 55.4 Å². The fourth-order valence-electron chi connectivity index (χ4n) is 3.60. The van der Waals surface area contributed by atoms with E-state index in [1.807, 2.05) is 36.4 Å². The van der Waals surface area contributed by atoms with E-state index in [1.165, 1.54) is 16.7 Å². The average molecular weight is 337 g/mol. The molecule has 0 heterocycles. The van der Waals surface area contributed by atoms with Crippen molar-refractivity contribution in [1.82, 2.24) is 5.32 Å². The fraction of sp³-hybridized carbons (Fsp3) is 0.333. The Hall–Kier alpha value is -2.62. The lowest BCUT2D eigenvalue weighted by Gasteiger charge is -2.32. The first kappa shape index (κ1) is 17.2. The summed E-state index contributed by atoms with van der Waals surface area (Å²) in [5, 5.41) is 3.05. The number of carbonyl (C=O) groups is 2. The summed E-state index contributed by atoms with van der Waals surface area (Å²) < 4.78 is 5.04. The highest BCUT2D eigenvalue weighted by atomic mass is 16.5. The Morgan fingerprint density at radius 1 is 1.04 bits per heavy atom. The van der Waals surface area contributed by atoms with E-state index in [-0.39, 0.29) is 23.8 Å². The van der Waals surface area contributed by atoms with Crippen LogP contribution in [-0.4, -0.2) is 18.5 Å². The largest absolute Gasteiger partial charge is 0.462 e. The van der Waals surface area contributed by atoms with Gasteiger partial charge in [-0.05, 0) is 48.6 Å². The van der Waals surface area contributed by atoms with Crippen LogP contribution in [0.5, 0.6) is 0 Å². The molecule has 0 aliphatic heterocycles. The third kappa shape index (κ3) is 3.73. The van der Waals surface area contributed by atoms with E-state index < -0.39 is 0 Å². The van der Waals surface area contributed by atoms with Crippen molar-refractivity contribution in [1.29, 1.82) is 0 Å². The van der Waals surface area contributed by atoms with Gasteiger partial charge in [-0.2, -0.15) is 0 Å². The van der Waals surface area contributed by atoms with Gasteiger partial charge in [0.2, 0.25) is 5.91 Å². The molecule has 2 aromatic carbocycles. The van der Waals surface area contributed by atoms with Crippen molar-refractivity contribution in [3.8, 4) is 0 Å². The minimum absolute atomic E-state index is 0.00274. The Morgan fingerprint density at radius 2 is 1.72 bits per heavy atom. The number of ether oxygens (including phenoxy) is 1. The molecule has 1 aliphatic carbocycles. The van der Waals surface area contributed by atoms with E-state index in [9.17, 15) is 9.59 Å².